The predicted molar refractivity (Wildman–Crippen MR) is 123 cm³/mol. The average molecular weight is 459 g/mol. The second-order valence-corrected chi connectivity index (χ2v) is 9.34. The molecule has 1 aliphatic rings. The zero-order chi connectivity index (χ0) is 24.0. The Balaban J connectivity index is 1.54. The summed E-state index contributed by atoms with van der Waals surface area (Å²) >= 11 is 0. The van der Waals surface area contributed by atoms with E-state index >= 15 is 0 Å². The number of likely N-dealkylation sites (tertiary alicyclic amines) is 1. The Hall–Kier alpha value is -4.26. The van der Waals surface area contributed by atoms with Gasteiger partial charge in [0, 0.05) is 24.2 Å². The second kappa shape index (κ2) is 7.95. The van der Waals surface area contributed by atoms with E-state index in [0.29, 0.717) is 35.8 Å². The van der Waals surface area contributed by atoms with E-state index in [1.54, 1.807) is 29.4 Å². The zero-order valence-corrected chi connectivity index (χ0v) is 19.0. The van der Waals surface area contributed by atoms with Crippen molar-refractivity contribution in [1.29, 1.82) is 5.26 Å². The summed E-state index contributed by atoms with van der Waals surface area (Å²) in [7, 11) is 0. The minimum atomic E-state index is -0.333. The third-order valence-corrected chi connectivity index (χ3v) is 5.66. The Labute approximate surface area is 195 Å². The monoisotopic (exact) mass is 458 g/mol. The average Bonchev–Trinajstić information content (AvgIpc) is 3.35. The molecule has 9 nitrogen and oxygen atoms in total. The number of benzene rings is 1. The van der Waals surface area contributed by atoms with E-state index in [1.807, 2.05) is 31.4 Å². The lowest BCUT2D eigenvalue weighted by Gasteiger charge is -2.41. The minimum absolute atomic E-state index is 0.00172. The lowest BCUT2D eigenvalue weighted by atomic mass is 10.0. The number of aromatic nitrogens is 5. The molecule has 3 aromatic heterocycles. The van der Waals surface area contributed by atoms with Crippen molar-refractivity contribution in [3.05, 3.63) is 60.4 Å². The Bertz CT molecular complexity index is 1420. The van der Waals surface area contributed by atoms with Crippen LogP contribution in [0.4, 0.5) is 9.18 Å². The highest BCUT2D eigenvalue weighted by Crippen LogP contribution is 2.35. The van der Waals surface area contributed by atoms with E-state index in [2.05, 4.69) is 26.5 Å². The summed E-state index contributed by atoms with van der Waals surface area (Å²) < 4.78 is 17.0. The summed E-state index contributed by atoms with van der Waals surface area (Å²) in [4.78, 5) is 23.1. The number of urea groups is 1. The van der Waals surface area contributed by atoms with E-state index < -0.39 is 0 Å². The summed E-state index contributed by atoms with van der Waals surface area (Å²) in [6, 6.07) is 11.7. The fraction of sp³-hybridized carbons (Fsp3) is 0.292. The van der Waals surface area contributed by atoms with Gasteiger partial charge in [-0.25, -0.2) is 23.7 Å². The number of nitriles is 1. The number of hydrogen-bond acceptors (Lipinski definition) is 5. The number of nitrogens with one attached hydrogen (secondary N) is 1. The van der Waals surface area contributed by atoms with Crippen LogP contribution in [0.2, 0.25) is 0 Å². The predicted octanol–water partition coefficient (Wildman–Crippen LogP) is 3.64. The van der Waals surface area contributed by atoms with Gasteiger partial charge < -0.3 is 14.8 Å². The van der Waals surface area contributed by atoms with Gasteiger partial charge in [-0.15, -0.1) is 0 Å². The molecule has 0 radical (unpaired) electrons. The first-order valence-corrected chi connectivity index (χ1v) is 10.9. The molecule has 0 saturated carbocycles. The summed E-state index contributed by atoms with van der Waals surface area (Å²) in [5.74, 6) is -0.333. The molecule has 1 saturated heterocycles. The Morgan fingerprint density at radius 2 is 1.88 bits per heavy atom. The molecule has 5 rings (SSSR count). The van der Waals surface area contributed by atoms with E-state index in [9.17, 15) is 14.4 Å². The standard InChI is InChI=1S/C24H23FN8O/c1-24(2,3)29-23(34)31-12-18(13-31)32-14-28-21(15-4-6-16(25)7-5-15)22(32)19-8-9-20-27-11-17(10-26)33(20)30-19/h4-9,11,14,18H,12-13H2,1-3H3,(H,29,34). The molecule has 4 heterocycles. The van der Waals surface area contributed by atoms with E-state index in [4.69, 9.17) is 0 Å². The lowest BCUT2D eigenvalue weighted by Crippen LogP contribution is -2.57. The first-order valence-electron chi connectivity index (χ1n) is 10.9. The van der Waals surface area contributed by atoms with Gasteiger partial charge in [-0.05, 0) is 57.2 Å². The van der Waals surface area contributed by atoms with Crippen LogP contribution in [0.5, 0.6) is 0 Å². The topological polar surface area (TPSA) is 104 Å². The summed E-state index contributed by atoms with van der Waals surface area (Å²) in [6.07, 6.45) is 3.20. The Kier molecular flexibility index (Phi) is 5.05. The number of rotatable bonds is 3. The van der Waals surface area contributed by atoms with Crippen LogP contribution < -0.4 is 5.32 Å². The zero-order valence-electron chi connectivity index (χ0n) is 19.0. The smallest absolute Gasteiger partial charge is 0.317 e. The first-order chi connectivity index (χ1) is 16.2. The number of imidazole rings is 2. The van der Waals surface area contributed by atoms with Gasteiger partial charge in [0.1, 0.15) is 17.6 Å². The van der Waals surface area contributed by atoms with Crippen LogP contribution in [-0.4, -0.2) is 53.7 Å². The lowest BCUT2D eigenvalue weighted by molar-refractivity contribution is 0.120. The number of halogens is 1. The summed E-state index contributed by atoms with van der Waals surface area (Å²) in [5.41, 5.74) is 3.26. The van der Waals surface area contributed by atoms with Gasteiger partial charge in [-0.1, -0.05) is 0 Å². The van der Waals surface area contributed by atoms with Crippen LogP contribution in [0.1, 0.15) is 32.5 Å². The van der Waals surface area contributed by atoms with Crippen LogP contribution in [0.15, 0.2) is 48.9 Å². The third-order valence-electron chi connectivity index (χ3n) is 5.66. The molecule has 1 N–H and O–H groups in total. The highest BCUT2D eigenvalue weighted by molar-refractivity contribution is 5.78. The molecule has 1 fully saturated rings. The highest BCUT2D eigenvalue weighted by Gasteiger charge is 2.35. The molecular weight excluding hydrogens is 435 g/mol. The maximum atomic E-state index is 13.6. The molecule has 34 heavy (non-hydrogen) atoms. The first kappa shape index (κ1) is 21.6. The minimum Gasteiger partial charge on any atom is -0.333 e. The molecule has 0 bridgehead atoms. The number of fused-ring (bicyclic) bond motifs is 1. The second-order valence-electron chi connectivity index (χ2n) is 9.34. The van der Waals surface area contributed by atoms with E-state index in [0.717, 1.165) is 11.3 Å². The molecule has 1 aromatic carbocycles. The van der Waals surface area contributed by atoms with Gasteiger partial charge in [0.05, 0.1) is 30.0 Å². The van der Waals surface area contributed by atoms with Crippen molar-refractivity contribution < 1.29 is 9.18 Å². The van der Waals surface area contributed by atoms with Crippen molar-refractivity contribution in [3.63, 3.8) is 0 Å². The molecule has 10 heteroatoms. The summed E-state index contributed by atoms with van der Waals surface area (Å²) in [6.45, 7) is 6.87. The highest BCUT2D eigenvalue weighted by atomic mass is 19.1. The Morgan fingerprint density at radius 1 is 1.15 bits per heavy atom. The van der Waals surface area contributed by atoms with Crippen LogP contribution in [-0.2, 0) is 0 Å². The molecular formula is C24H23FN8O. The molecule has 4 aromatic rings. The molecule has 0 aliphatic carbocycles. The van der Waals surface area contributed by atoms with Crippen LogP contribution in [0, 0.1) is 17.1 Å². The SMILES string of the molecule is CC(C)(C)NC(=O)N1CC(n2cnc(-c3ccc(F)cc3)c2-c2ccc3ncc(C#N)n3n2)C1. The quantitative estimate of drug-likeness (QED) is 0.505. The van der Waals surface area contributed by atoms with Crippen molar-refractivity contribution in [3.8, 4) is 28.7 Å². The number of amides is 2. The number of carbonyl (C=O) groups is 1. The molecule has 172 valence electrons. The van der Waals surface area contributed by atoms with Gasteiger partial charge in [0.15, 0.2) is 11.3 Å². The molecule has 0 unspecified atom stereocenters. The van der Waals surface area contributed by atoms with Crippen LogP contribution in [0.3, 0.4) is 0 Å². The van der Waals surface area contributed by atoms with Gasteiger partial charge in [-0.2, -0.15) is 10.4 Å². The molecule has 0 atom stereocenters. The van der Waals surface area contributed by atoms with Crippen LogP contribution >= 0.6 is 0 Å². The normalized spacial score (nSPS) is 14.1. The van der Waals surface area contributed by atoms with Gasteiger partial charge in [0.2, 0.25) is 0 Å². The number of nitrogens with zero attached hydrogens (tertiary/aromatic N) is 7. The largest absolute Gasteiger partial charge is 0.333 e. The van der Waals surface area contributed by atoms with E-state index in [-0.39, 0.29) is 23.4 Å². The van der Waals surface area contributed by atoms with Crippen molar-refractivity contribution in [2.45, 2.75) is 32.4 Å². The van der Waals surface area contributed by atoms with Crippen molar-refractivity contribution >= 4 is 11.7 Å². The van der Waals surface area contributed by atoms with Crippen molar-refractivity contribution in [2.24, 2.45) is 0 Å². The fourth-order valence-electron chi connectivity index (χ4n) is 3.98. The van der Waals surface area contributed by atoms with Gasteiger partial charge in [0.25, 0.3) is 0 Å². The summed E-state index contributed by atoms with van der Waals surface area (Å²) in [5, 5.41) is 17.0. The number of carbonyl (C=O) groups excluding carboxylic acids is 1. The molecule has 2 amide bonds. The van der Waals surface area contributed by atoms with Gasteiger partial charge >= 0.3 is 6.03 Å². The van der Waals surface area contributed by atoms with E-state index in [1.165, 1.54) is 22.8 Å². The maximum absolute atomic E-state index is 13.6. The third kappa shape index (κ3) is 3.85. The van der Waals surface area contributed by atoms with Crippen molar-refractivity contribution in [2.75, 3.05) is 13.1 Å². The fourth-order valence-corrected chi connectivity index (χ4v) is 3.98. The van der Waals surface area contributed by atoms with Gasteiger partial charge in [-0.3, -0.25) is 0 Å². The maximum Gasteiger partial charge on any atom is 0.317 e. The Morgan fingerprint density at radius 3 is 2.56 bits per heavy atom. The molecule has 0 spiro atoms. The van der Waals surface area contributed by atoms with Crippen LogP contribution in [0.25, 0.3) is 28.3 Å². The molecule has 1 aliphatic heterocycles. The number of hydrogen-bond donors (Lipinski definition) is 1. The van der Waals surface area contributed by atoms with Crippen molar-refractivity contribution in [1.82, 2.24) is 34.4 Å².